The minimum atomic E-state index is -0.275. The van der Waals surface area contributed by atoms with E-state index >= 15 is 0 Å². The van der Waals surface area contributed by atoms with Crippen LogP contribution < -0.4 is 11.5 Å². The molecular weight excluding hydrogens is 274 g/mol. The summed E-state index contributed by atoms with van der Waals surface area (Å²) in [6.07, 6.45) is 1.27. The van der Waals surface area contributed by atoms with Gasteiger partial charge in [-0.05, 0) is 24.3 Å². The monoisotopic (exact) mass is 291 g/mol. The number of carbonyl (C=O) groups excluding carboxylic acids is 2. The number of nitrogens with zero attached hydrogens (tertiary/aromatic N) is 1. The van der Waals surface area contributed by atoms with Gasteiger partial charge in [0.05, 0.1) is 6.54 Å². The zero-order valence-corrected chi connectivity index (χ0v) is 11.9. The van der Waals surface area contributed by atoms with Crippen molar-refractivity contribution >= 4 is 23.2 Å². The molecule has 20 heavy (non-hydrogen) atoms. The first-order chi connectivity index (χ1) is 9.63. The van der Waals surface area contributed by atoms with Crippen LogP contribution in [0, 0.1) is 17.8 Å². The van der Waals surface area contributed by atoms with E-state index in [0.717, 1.165) is 5.56 Å². The third-order valence-corrected chi connectivity index (χ3v) is 4.27. The van der Waals surface area contributed by atoms with Gasteiger partial charge in [0.2, 0.25) is 5.91 Å². The second kappa shape index (κ2) is 6.55. The molecule has 106 valence electrons. The molecule has 0 bridgehead atoms. The van der Waals surface area contributed by atoms with Crippen molar-refractivity contribution < 1.29 is 9.59 Å². The number of primary amides is 1. The predicted octanol–water partition coefficient (Wildman–Crippen LogP) is 0.396. The van der Waals surface area contributed by atoms with Gasteiger partial charge in [-0.15, -0.1) is 11.3 Å². The number of carbonyl (C=O) groups is 2. The first-order valence-electron chi connectivity index (χ1n) is 6.48. The average Bonchev–Trinajstić information content (AvgIpc) is 2.92. The minimum absolute atomic E-state index is 0.0239. The quantitative estimate of drug-likeness (QED) is 0.773. The number of nitrogens with two attached hydrogens (primary N) is 2. The molecule has 0 spiro atoms. The number of rotatable bonds is 2. The van der Waals surface area contributed by atoms with Crippen molar-refractivity contribution in [1.82, 2.24) is 4.90 Å². The fourth-order valence-electron chi connectivity index (χ4n) is 2.23. The lowest BCUT2D eigenvalue weighted by atomic mass is 9.96. The van der Waals surface area contributed by atoms with Gasteiger partial charge in [-0.25, -0.2) is 0 Å². The third-order valence-electron chi connectivity index (χ3n) is 3.37. The summed E-state index contributed by atoms with van der Waals surface area (Å²) in [4.78, 5) is 26.0. The Morgan fingerprint density at radius 2 is 2.10 bits per heavy atom. The van der Waals surface area contributed by atoms with Gasteiger partial charge in [0.15, 0.2) is 0 Å². The minimum Gasteiger partial charge on any atom is -0.369 e. The molecule has 2 heterocycles. The van der Waals surface area contributed by atoms with Crippen LogP contribution in [-0.4, -0.2) is 36.3 Å². The van der Waals surface area contributed by atoms with Gasteiger partial charge in [-0.3, -0.25) is 9.59 Å². The van der Waals surface area contributed by atoms with Crippen molar-refractivity contribution in [2.24, 2.45) is 17.4 Å². The Morgan fingerprint density at radius 1 is 1.40 bits per heavy atom. The van der Waals surface area contributed by atoms with Gasteiger partial charge in [-0.2, -0.15) is 0 Å². The van der Waals surface area contributed by atoms with Gasteiger partial charge >= 0.3 is 0 Å². The Bertz CT molecular complexity index is 562. The molecule has 1 aromatic heterocycles. The van der Waals surface area contributed by atoms with E-state index in [4.69, 9.17) is 11.5 Å². The van der Waals surface area contributed by atoms with Crippen LogP contribution in [0.5, 0.6) is 0 Å². The van der Waals surface area contributed by atoms with E-state index in [1.165, 1.54) is 11.3 Å². The lowest BCUT2D eigenvalue weighted by Crippen LogP contribution is -2.41. The molecule has 2 rings (SSSR count). The van der Waals surface area contributed by atoms with E-state index in [2.05, 4.69) is 11.8 Å². The zero-order chi connectivity index (χ0) is 14.5. The molecule has 0 unspecified atom stereocenters. The second-order valence-corrected chi connectivity index (χ2v) is 5.55. The highest BCUT2D eigenvalue weighted by Crippen LogP contribution is 2.22. The molecule has 1 aliphatic heterocycles. The summed E-state index contributed by atoms with van der Waals surface area (Å²) >= 11 is 1.38. The standard InChI is InChI=1S/C14H17N3O2S/c15-6-1-2-10-5-9-20-12(10)14(19)17-7-3-11(4-8-17)13(16)18/h5,9,11H,3-4,6-8,15H2,(H2,16,18). The van der Waals surface area contributed by atoms with E-state index in [1.54, 1.807) is 4.90 Å². The molecule has 1 saturated heterocycles. The summed E-state index contributed by atoms with van der Waals surface area (Å²) in [5.41, 5.74) is 11.4. The van der Waals surface area contributed by atoms with Gasteiger partial charge in [-0.1, -0.05) is 11.8 Å². The summed E-state index contributed by atoms with van der Waals surface area (Å²) in [7, 11) is 0. The molecule has 2 amide bonds. The normalized spacial score (nSPS) is 15.6. The van der Waals surface area contributed by atoms with Crippen molar-refractivity contribution in [2.45, 2.75) is 12.8 Å². The van der Waals surface area contributed by atoms with E-state index in [-0.39, 0.29) is 24.3 Å². The zero-order valence-electron chi connectivity index (χ0n) is 11.1. The van der Waals surface area contributed by atoms with Gasteiger partial charge in [0.1, 0.15) is 4.88 Å². The van der Waals surface area contributed by atoms with Crippen LogP contribution in [0.3, 0.4) is 0 Å². The van der Waals surface area contributed by atoms with Crippen LogP contribution in [0.1, 0.15) is 28.1 Å². The van der Waals surface area contributed by atoms with Gasteiger partial charge in [0.25, 0.3) is 5.91 Å². The lowest BCUT2D eigenvalue weighted by Gasteiger charge is -2.30. The van der Waals surface area contributed by atoms with Crippen molar-refractivity contribution in [3.8, 4) is 11.8 Å². The van der Waals surface area contributed by atoms with Crippen LogP contribution >= 0.6 is 11.3 Å². The van der Waals surface area contributed by atoms with Crippen molar-refractivity contribution in [2.75, 3.05) is 19.6 Å². The smallest absolute Gasteiger partial charge is 0.265 e. The van der Waals surface area contributed by atoms with Gasteiger partial charge < -0.3 is 16.4 Å². The van der Waals surface area contributed by atoms with Crippen molar-refractivity contribution in [3.63, 3.8) is 0 Å². The molecule has 0 saturated carbocycles. The highest BCUT2D eigenvalue weighted by atomic mass is 32.1. The number of thiophene rings is 1. The Kier molecular flexibility index (Phi) is 4.77. The number of hydrogen-bond donors (Lipinski definition) is 2. The maximum Gasteiger partial charge on any atom is 0.265 e. The van der Waals surface area contributed by atoms with E-state index in [9.17, 15) is 9.59 Å². The van der Waals surface area contributed by atoms with Crippen LogP contribution in [-0.2, 0) is 4.79 Å². The summed E-state index contributed by atoms with van der Waals surface area (Å²) in [6, 6.07) is 1.83. The number of hydrogen-bond acceptors (Lipinski definition) is 4. The molecule has 1 aliphatic rings. The highest BCUT2D eigenvalue weighted by Gasteiger charge is 2.27. The number of piperidine rings is 1. The van der Waals surface area contributed by atoms with Crippen LogP contribution in [0.4, 0.5) is 0 Å². The number of amides is 2. The molecule has 6 heteroatoms. The first-order valence-corrected chi connectivity index (χ1v) is 7.36. The maximum absolute atomic E-state index is 12.4. The van der Waals surface area contributed by atoms with Crippen molar-refractivity contribution in [1.29, 1.82) is 0 Å². The number of likely N-dealkylation sites (tertiary alicyclic amines) is 1. The average molecular weight is 291 g/mol. The van der Waals surface area contributed by atoms with Crippen LogP contribution in [0.25, 0.3) is 0 Å². The van der Waals surface area contributed by atoms with Crippen LogP contribution in [0.15, 0.2) is 11.4 Å². The lowest BCUT2D eigenvalue weighted by molar-refractivity contribution is -0.123. The Labute approximate surface area is 121 Å². The Hall–Kier alpha value is -1.84. The molecule has 0 atom stereocenters. The molecule has 1 aromatic rings. The highest BCUT2D eigenvalue weighted by molar-refractivity contribution is 7.12. The van der Waals surface area contributed by atoms with E-state index in [0.29, 0.717) is 30.8 Å². The molecule has 0 aliphatic carbocycles. The third kappa shape index (κ3) is 3.18. The Balaban J connectivity index is 2.06. The van der Waals surface area contributed by atoms with Gasteiger partial charge in [0, 0.05) is 24.6 Å². The molecule has 1 fully saturated rings. The molecular formula is C14H17N3O2S. The van der Waals surface area contributed by atoms with Crippen molar-refractivity contribution in [3.05, 3.63) is 21.9 Å². The van der Waals surface area contributed by atoms with Crippen LogP contribution in [0.2, 0.25) is 0 Å². The Morgan fingerprint density at radius 3 is 2.70 bits per heavy atom. The summed E-state index contributed by atoms with van der Waals surface area (Å²) in [5, 5.41) is 1.85. The largest absolute Gasteiger partial charge is 0.369 e. The fourth-order valence-corrected chi connectivity index (χ4v) is 3.05. The van der Waals surface area contributed by atoms with E-state index in [1.807, 2.05) is 11.4 Å². The topological polar surface area (TPSA) is 89.4 Å². The first kappa shape index (κ1) is 14.6. The summed E-state index contributed by atoms with van der Waals surface area (Å²) < 4.78 is 0. The molecule has 5 nitrogen and oxygen atoms in total. The second-order valence-electron chi connectivity index (χ2n) is 4.64. The fraction of sp³-hybridized carbons (Fsp3) is 0.429. The van der Waals surface area contributed by atoms with E-state index < -0.39 is 0 Å². The SMILES string of the molecule is NCC#Cc1ccsc1C(=O)N1CCC(C(N)=O)CC1. The molecule has 4 N–H and O–H groups in total. The predicted molar refractivity (Wildman–Crippen MR) is 78.1 cm³/mol. The summed E-state index contributed by atoms with van der Waals surface area (Å²) in [6.45, 7) is 1.40. The molecule has 0 aromatic carbocycles. The maximum atomic E-state index is 12.4. The summed E-state index contributed by atoms with van der Waals surface area (Å²) in [5.74, 6) is 5.27. The molecule has 0 radical (unpaired) electrons.